The fourth-order valence-corrected chi connectivity index (χ4v) is 2.48. The lowest BCUT2D eigenvalue weighted by atomic mass is 10.1. The van der Waals surface area contributed by atoms with E-state index in [2.05, 4.69) is 55.8 Å². The summed E-state index contributed by atoms with van der Waals surface area (Å²) in [6.45, 7) is 4.54. The van der Waals surface area contributed by atoms with E-state index in [1.54, 1.807) is 0 Å². The fraction of sp³-hybridized carbons (Fsp3) is 0.571. The van der Waals surface area contributed by atoms with E-state index in [1.165, 1.54) is 17.7 Å². The van der Waals surface area contributed by atoms with E-state index >= 15 is 0 Å². The molecule has 0 aliphatic carbocycles. The van der Waals surface area contributed by atoms with E-state index in [0.29, 0.717) is 12.1 Å². The maximum absolute atomic E-state index is 3.65. The summed E-state index contributed by atoms with van der Waals surface area (Å²) in [5, 5.41) is 3.65. The Morgan fingerprint density at radius 2 is 1.81 bits per heavy atom. The molecule has 16 heavy (non-hydrogen) atoms. The molecule has 0 fully saturated rings. The first kappa shape index (κ1) is 13.6. The van der Waals surface area contributed by atoms with Crippen LogP contribution in [0.3, 0.4) is 0 Å². The zero-order valence-corrected chi connectivity index (χ0v) is 11.4. The SMILES string of the molecule is CSCCC(C)NC(C)Cc1ccccc1. The minimum Gasteiger partial charge on any atom is -0.311 e. The van der Waals surface area contributed by atoms with Crippen LogP contribution in [0.4, 0.5) is 0 Å². The van der Waals surface area contributed by atoms with Gasteiger partial charge in [-0.15, -0.1) is 0 Å². The van der Waals surface area contributed by atoms with Crippen molar-refractivity contribution < 1.29 is 0 Å². The smallest absolute Gasteiger partial charge is 0.00816 e. The molecule has 2 unspecified atom stereocenters. The first-order valence-electron chi connectivity index (χ1n) is 6.01. The highest BCUT2D eigenvalue weighted by molar-refractivity contribution is 7.98. The van der Waals surface area contributed by atoms with Gasteiger partial charge in [-0.2, -0.15) is 11.8 Å². The Bertz CT molecular complexity index is 273. The number of nitrogens with one attached hydrogen (secondary N) is 1. The van der Waals surface area contributed by atoms with Crippen LogP contribution in [0.2, 0.25) is 0 Å². The Balaban J connectivity index is 2.27. The molecule has 2 atom stereocenters. The van der Waals surface area contributed by atoms with Crippen molar-refractivity contribution >= 4 is 11.8 Å². The summed E-state index contributed by atoms with van der Waals surface area (Å²) in [4.78, 5) is 0. The van der Waals surface area contributed by atoms with Crippen molar-refractivity contribution in [3.8, 4) is 0 Å². The molecule has 0 aliphatic rings. The minimum absolute atomic E-state index is 0.555. The molecule has 1 aromatic rings. The second kappa shape index (κ2) is 7.75. The van der Waals surface area contributed by atoms with Crippen LogP contribution in [0, 0.1) is 0 Å². The van der Waals surface area contributed by atoms with Crippen LogP contribution in [-0.2, 0) is 6.42 Å². The van der Waals surface area contributed by atoms with E-state index in [0.717, 1.165) is 6.42 Å². The number of hydrogen-bond donors (Lipinski definition) is 1. The van der Waals surface area contributed by atoms with Crippen LogP contribution in [0.15, 0.2) is 30.3 Å². The summed E-state index contributed by atoms with van der Waals surface area (Å²) in [7, 11) is 0. The van der Waals surface area contributed by atoms with Gasteiger partial charge in [0.1, 0.15) is 0 Å². The van der Waals surface area contributed by atoms with Crippen LogP contribution in [-0.4, -0.2) is 24.1 Å². The van der Waals surface area contributed by atoms with Crippen LogP contribution in [0.5, 0.6) is 0 Å². The molecular weight excluding hydrogens is 214 g/mol. The number of rotatable bonds is 7. The van der Waals surface area contributed by atoms with Crippen molar-refractivity contribution in [2.24, 2.45) is 0 Å². The van der Waals surface area contributed by atoms with Gasteiger partial charge in [0.05, 0.1) is 0 Å². The normalized spacial score (nSPS) is 14.7. The van der Waals surface area contributed by atoms with Crippen LogP contribution < -0.4 is 5.32 Å². The summed E-state index contributed by atoms with van der Waals surface area (Å²) in [6, 6.07) is 11.9. The molecule has 1 aromatic carbocycles. The Labute approximate surface area is 104 Å². The maximum Gasteiger partial charge on any atom is 0.00816 e. The summed E-state index contributed by atoms with van der Waals surface area (Å²) >= 11 is 1.92. The van der Waals surface area contributed by atoms with Gasteiger partial charge in [0.15, 0.2) is 0 Å². The largest absolute Gasteiger partial charge is 0.311 e. The molecule has 0 heterocycles. The monoisotopic (exact) mass is 237 g/mol. The average Bonchev–Trinajstić information content (AvgIpc) is 2.27. The number of benzene rings is 1. The van der Waals surface area contributed by atoms with Crippen molar-refractivity contribution in [3.05, 3.63) is 35.9 Å². The van der Waals surface area contributed by atoms with E-state index in [1.807, 2.05) is 11.8 Å². The highest BCUT2D eigenvalue weighted by Gasteiger charge is 2.07. The molecule has 0 aromatic heterocycles. The third kappa shape index (κ3) is 5.57. The second-order valence-electron chi connectivity index (χ2n) is 4.44. The van der Waals surface area contributed by atoms with Gasteiger partial charge in [0, 0.05) is 12.1 Å². The van der Waals surface area contributed by atoms with Crippen molar-refractivity contribution in [1.82, 2.24) is 5.32 Å². The predicted octanol–water partition coefficient (Wildman–Crippen LogP) is 3.35. The van der Waals surface area contributed by atoms with Crippen molar-refractivity contribution in [3.63, 3.8) is 0 Å². The molecule has 0 radical (unpaired) electrons. The molecule has 1 rings (SSSR count). The molecule has 0 saturated heterocycles. The summed E-state index contributed by atoms with van der Waals surface area (Å²) in [6.07, 6.45) is 4.53. The van der Waals surface area contributed by atoms with Gasteiger partial charge in [-0.25, -0.2) is 0 Å². The van der Waals surface area contributed by atoms with E-state index in [4.69, 9.17) is 0 Å². The Morgan fingerprint density at radius 3 is 2.44 bits per heavy atom. The highest BCUT2D eigenvalue weighted by Crippen LogP contribution is 2.05. The third-order valence-corrected chi connectivity index (χ3v) is 3.35. The van der Waals surface area contributed by atoms with Crippen LogP contribution in [0.25, 0.3) is 0 Å². The first-order valence-corrected chi connectivity index (χ1v) is 7.40. The molecular formula is C14H23NS. The number of hydrogen-bond acceptors (Lipinski definition) is 2. The van der Waals surface area contributed by atoms with Crippen LogP contribution in [0.1, 0.15) is 25.8 Å². The fourth-order valence-electron chi connectivity index (χ4n) is 1.89. The molecule has 2 heteroatoms. The van der Waals surface area contributed by atoms with Gasteiger partial charge in [0.25, 0.3) is 0 Å². The first-order chi connectivity index (χ1) is 7.72. The van der Waals surface area contributed by atoms with Gasteiger partial charge in [-0.1, -0.05) is 30.3 Å². The molecule has 0 bridgehead atoms. The zero-order chi connectivity index (χ0) is 11.8. The lowest BCUT2D eigenvalue weighted by Gasteiger charge is -2.19. The van der Waals surface area contributed by atoms with Crippen LogP contribution >= 0.6 is 11.8 Å². The maximum atomic E-state index is 3.65. The molecule has 1 N–H and O–H groups in total. The quantitative estimate of drug-likeness (QED) is 0.780. The standard InChI is InChI=1S/C14H23NS/c1-12(9-10-16-3)15-13(2)11-14-7-5-4-6-8-14/h4-8,12-13,15H,9-11H2,1-3H3. The van der Waals surface area contributed by atoms with Crippen molar-refractivity contribution in [1.29, 1.82) is 0 Å². The topological polar surface area (TPSA) is 12.0 Å². The molecule has 0 aliphatic heterocycles. The van der Waals surface area contributed by atoms with Gasteiger partial charge < -0.3 is 5.32 Å². The third-order valence-electron chi connectivity index (χ3n) is 2.71. The van der Waals surface area contributed by atoms with Gasteiger partial charge in [0.2, 0.25) is 0 Å². The Hall–Kier alpha value is -0.470. The van der Waals surface area contributed by atoms with E-state index in [9.17, 15) is 0 Å². The minimum atomic E-state index is 0.555. The highest BCUT2D eigenvalue weighted by atomic mass is 32.2. The molecule has 90 valence electrons. The lowest BCUT2D eigenvalue weighted by molar-refractivity contribution is 0.457. The van der Waals surface area contributed by atoms with Gasteiger partial charge in [-0.05, 0) is 44.3 Å². The lowest BCUT2D eigenvalue weighted by Crippen LogP contribution is -2.36. The molecule has 0 spiro atoms. The zero-order valence-electron chi connectivity index (χ0n) is 10.6. The molecule has 0 saturated carbocycles. The van der Waals surface area contributed by atoms with Crippen molar-refractivity contribution in [2.45, 2.75) is 38.8 Å². The van der Waals surface area contributed by atoms with E-state index < -0.39 is 0 Å². The molecule has 0 amide bonds. The number of thioether (sulfide) groups is 1. The Morgan fingerprint density at radius 1 is 1.12 bits per heavy atom. The Kier molecular flexibility index (Phi) is 6.58. The summed E-state index contributed by atoms with van der Waals surface area (Å²) in [5.41, 5.74) is 1.42. The van der Waals surface area contributed by atoms with E-state index in [-0.39, 0.29) is 0 Å². The predicted molar refractivity (Wildman–Crippen MR) is 75.2 cm³/mol. The average molecular weight is 237 g/mol. The molecule has 1 nitrogen and oxygen atoms in total. The van der Waals surface area contributed by atoms with Gasteiger partial charge in [-0.3, -0.25) is 0 Å². The summed E-state index contributed by atoms with van der Waals surface area (Å²) < 4.78 is 0. The summed E-state index contributed by atoms with van der Waals surface area (Å²) in [5.74, 6) is 1.24. The second-order valence-corrected chi connectivity index (χ2v) is 5.43. The van der Waals surface area contributed by atoms with Gasteiger partial charge >= 0.3 is 0 Å². The van der Waals surface area contributed by atoms with Crippen molar-refractivity contribution in [2.75, 3.05) is 12.0 Å².